The fourth-order valence-electron chi connectivity index (χ4n) is 2.15. The monoisotopic (exact) mass is 314 g/mol. The van der Waals surface area contributed by atoms with E-state index in [0.29, 0.717) is 12.6 Å². The number of thioether (sulfide) groups is 1. The first kappa shape index (κ1) is 13.2. The lowest BCUT2D eigenvalue weighted by Gasteiger charge is -2.26. The number of nitrogens with two attached hydrogens (primary N) is 1. The molecule has 1 unspecified atom stereocenters. The van der Waals surface area contributed by atoms with Crippen molar-refractivity contribution in [3.05, 3.63) is 28.2 Å². The third-order valence-corrected chi connectivity index (χ3v) is 5.19. The van der Waals surface area contributed by atoms with Gasteiger partial charge >= 0.3 is 0 Å². The number of nitrogens with zero attached hydrogens (tertiary/aromatic N) is 1. The van der Waals surface area contributed by atoms with E-state index < -0.39 is 0 Å². The predicted molar refractivity (Wildman–Crippen MR) is 81.0 cm³/mol. The van der Waals surface area contributed by atoms with Gasteiger partial charge in [0, 0.05) is 29.0 Å². The van der Waals surface area contributed by atoms with Gasteiger partial charge in [0.15, 0.2) is 0 Å². The fraction of sp³-hybridized carbons (Fsp3) is 0.538. The van der Waals surface area contributed by atoms with Gasteiger partial charge in [-0.2, -0.15) is 11.8 Å². The van der Waals surface area contributed by atoms with E-state index in [2.05, 4.69) is 57.8 Å². The van der Waals surface area contributed by atoms with Crippen molar-refractivity contribution in [2.75, 3.05) is 30.0 Å². The van der Waals surface area contributed by atoms with E-state index >= 15 is 0 Å². The van der Waals surface area contributed by atoms with Gasteiger partial charge < -0.3 is 10.6 Å². The van der Waals surface area contributed by atoms with Gasteiger partial charge in [-0.15, -0.1) is 0 Å². The van der Waals surface area contributed by atoms with E-state index in [1.54, 1.807) is 0 Å². The molecule has 2 N–H and O–H groups in total. The average Bonchev–Trinajstić information content (AvgIpc) is 2.84. The van der Waals surface area contributed by atoms with Crippen LogP contribution in [0, 0.1) is 0 Å². The van der Waals surface area contributed by atoms with Gasteiger partial charge in [0.05, 0.1) is 0 Å². The lowest BCUT2D eigenvalue weighted by atomic mass is 10.1. The smallest absolute Gasteiger partial charge is 0.0385 e. The Hall–Kier alpha value is -0.190. The molecule has 0 radical (unpaired) electrons. The van der Waals surface area contributed by atoms with E-state index in [4.69, 9.17) is 5.73 Å². The number of halogens is 1. The van der Waals surface area contributed by atoms with Crippen LogP contribution in [0.3, 0.4) is 0 Å². The molecule has 0 bridgehead atoms. The Morgan fingerprint density at radius 2 is 2.35 bits per heavy atom. The van der Waals surface area contributed by atoms with Crippen LogP contribution in [0.1, 0.15) is 12.0 Å². The molecule has 2 rings (SSSR count). The van der Waals surface area contributed by atoms with Gasteiger partial charge in [0.25, 0.3) is 0 Å². The topological polar surface area (TPSA) is 29.3 Å². The highest BCUT2D eigenvalue weighted by molar-refractivity contribution is 9.10. The minimum absolute atomic E-state index is 0.687. The summed E-state index contributed by atoms with van der Waals surface area (Å²) in [6.45, 7) is 0.701. The van der Waals surface area contributed by atoms with Crippen molar-refractivity contribution < 1.29 is 0 Å². The summed E-state index contributed by atoms with van der Waals surface area (Å²) >= 11 is 5.69. The Balaban J connectivity index is 2.12. The van der Waals surface area contributed by atoms with Crippen LogP contribution in [0.2, 0.25) is 0 Å². The standard InChI is InChI=1S/C13H19BrN2S/c1-16(12-5-7-17-9-12)11-3-2-10(4-6-15)13(14)8-11/h2-3,8,12H,4-7,9,15H2,1H3. The average molecular weight is 315 g/mol. The zero-order chi connectivity index (χ0) is 12.3. The van der Waals surface area contributed by atoms with Gasteiger partial charge in [0.2, 0.25) is 0 Å². The van der Waals surface area contributed by atoms with Crippen LogP contribution in [-0.2, 0) is 6.42 Å². The molecule has 1 aromatic carbocycles. The summed E-state index contributed by atoms with van der Waals surface area (Å²) in [4.78, 5) is 2.40. The Labute approximate surface area is 116 Å². The lowest BCUT2D eigenvalue weighted by molar-refractivity contribution is 0.700. The van der Waals surface area contributed by atoms with Crippen molar-refractivity contribution in [2.24, 2.45) is 5.73 Å². The zero-order valence-corrected chi connectivity index (χ0v) is 12.6. The normalized spacial score (nSPS) is 19.6. The molecule has 1 atom stereocenters. The predicted octanol–water partition coefficient (Wildman–Crippen LogP) is 2.89. The molecule has 1 saturated heterocycles. The third-order valence-electron chi connectivity index (χ3n) is 3.31. The second kappa shape index (κ2) is 6.12. The van der Waals surface area contributed by atoms with E-state index in [1.807, 2.05) is 0 Å². The van der Waals surface area contributed by atoms with E-state index in [0.717, 1.165) is 6.42 Å². The van der Waals surface area contributed by atoms with Gasteiger partial charge in [-0.25, -0.2) is 0 Å². The molecule has 1 heterocycles. The number of anilines is 1. The first-order valence-corrected chi connectivity index (χ1v) is 7.96. The fourth-order valence-corrected chi connectivity index (χ4v) is 3.98. The van der Waals surface area contributed by atoms with Crippen molar-refractivity contribution >= 4 is 33.4 Å². The minimum atomic E-state index is 0.687. The Morgan fingerprint density at radius 3 is 2.94 bits per heavy atom. The van der Waals surface area contributed by atoms with Crippen LogP contribution >= 0.6 is 27.7 Å². The van der Waals surface area contributed by atoms with Crippen molar-refractivity contribution in [2.45, 2.75) is 18.9 Å². The zero-order valence-electron chi connectivity index (χ0n) is 10.2. The molecule has 17 heavy (non-hydrogen) atoms. The molecule has 0 saturated carbocycles. The van der Waals surface area contributed by atoms with Crippen molar-refractivity contribution in [1.29, 1.82) is 0 Å². The molecule has 4 heteroatoms. The summed E-state index contributed by atoms with van der Waals surface area (Å²) in [5.74, 6) is 2.54. The highest BCUT2D eigenvalue weighted by Gasteiger charge is 2.20. The highest BCUT2D eigenvalue weighted by atomic mass is 79.9. The number of hydrogen-bond acceptors (Lipinski definition) is 3. The number of hydrogen-bond donors (Lipinski definition) is 1. The molecule has 1 fully saturated rings. The SMILES string of the molecule is CN(c1ccc(CCN)c(Br)c1)C1CCSC1. The van der Waals surface area contributed by atoms with Crippen molar-refractivity contribution in [3.8, 4) is 0 Å². The summed E-state index contributed by atoms with van der Waals surface area (Å²) in [5.41, 5.74) is 8.19. The molecule has 1 aliphatic rings. The van der Waals surface area contributed by atoms with Gasteiger partial charge in [-0.05, 0) is 42.8 Å². The van der Waals surface area contributed by atoms with E-state index in [1.165, 1.54) is 33.7 Å². The van der Waals surface area contributed by atoms with Crippen LogP contribution in [0.15, 0.2) is 22.7 Å². The molecule has 0 amide bonds. The van der Waals surface area contributed by atoms with Crippen LogP contribution in [0.4, 0.5) is 5.69 Å². The van der Waals surface area contributed by atoms with Crippen LogP contribution < -0.4 is 10.6 Å². The number of rotatable bonds is 4. The molecule has 1 aromatic rings. The van der Waals surface area contributed by atoms with Gasteiger partial charge in [-0.3, -0.25) is 0 Å². The molecule has 0 aliphatic carbocycles. The lowest BCUT2D eigenvalue weighted by Crippen LogP contribution is -2.31. The molecular weight excluding hydrogens is 296 g/mol. The summed E-state index contributed by atoms with van der Waals surface area (Å²) in [6, 6.07) is 7.30. The number of benzene rings is 1. The molecular formula is C13H19BrN2S. The van der Waals surface area contributed by atoms with Crippen LogP contribution in [-0.4, -0.2) is 31.1 Å². The third kappa shape index (κ3) is 3.18. The first-order chi connectivity index (χ1) is 8.22. The second-order valence-corrected chi connectivity index (χ2v) is 6.45. The second-order valence-electron chi connectivity index (χ2n) is 4.44. The maximum Gasteiger partial charge on any atom is 0.0385 e. The summed E-state index contributed by atoms with van der Waals surface area (Å²) in [7, 11) is 2.20. The Kier molecular flexibility index (Phi) is 4.77. The first-order valence-electron chi connectivity index (χ1n) is 6.01. The molecule has 94 valence electrons. The molecule has 1 aliphatic heterocycles. The van der Waals surface area contributed by atoms with E-state index in [-0.39, 0.29) is 0 Å². The van der Waals surface area contributed by atoms with Crippen LogP contribution in [0.25, 0.3) is 0 Å². The van der Waals surface area contributed by atoms with Crippen molar-refractivity contribution in [1.82, 2.24) is 0 Å². The summed E-state index contributed by atoms with van der Waals surface area (Å²) < 4.78 is 1.18. The van der Waals surface area contributed by atoms with Crippen molar-refractivity contribution in [3.63, 3.8) is 0 Å². The Bertz CT molecular complexity index is 378. The summed E-state index contributed by atoms with van der Waals surface area (Å²) in [5, 5.41) is 0. The highest BCUT2D eigenvalue weighted by Crippen LogP contribution is 2.29. The molecule has 0 aromatic heterocycles. The van der Waals surface area contributed by atoms with Crippen LogP contribution in [0.5, 0.6) is 0 Å². The quantitative estimate of drug-likeness (QED) is 0.926. The maximum absolute atomic E-state index is 5.59. The molecule has 2 nitrogen and oxygen atoms in total. The minimum Gasteiger partial charge on any atom is -0.371 e. The maximum atomic E-state index is 5.59. The Morgan fingerprint density at radius 1 is 1.53 bits per heavy atom. The van der Waals surface area contributed by atoms with Gasteiger partial charge in [0.1, 0.15) is 0 Å². The molecule has 0 spiro atoms. The van der Waals surface area contributed by atoms with Gasteiger partial charge in [-0.1, -0.05) is 22.0 Å². The van der Waals surface area contributed by atoms with E-state index in [9.17, 15) is 0 Å². The summed E-state index contributed by atoms with van der Waals surface area (Å²) in [6.07, 6.45) is 2.23. The largest absolute Gasteiger partial charge is 0.371 e.